The highest BCUT2D eigenvalue weighted by Crippen LogP contribution is 2.11. The van der Waals surface area contributed by atoms with Crippen molar-refractivity contribution < 1.29 is 19.2 Å². The molecule has 7 N–H and O–H groups in total. The Hall–Kier alpha value is -3.41. The number of amides is 2. The summed E-state index contributed by atoms with van der Waals surface area (Å²) in [5.41, 5.74) is 13.4. The molecule has 0 bridgehead atoms. The smallest absolute Gasteiger partial charge is 0.267 e. The van der Waals surface area contributed by atoms with Gasteiger partial charge in [0.25, 0.3) is 11.8 Å². The summed E-state index contributed by atoms with van der Waals surface area (Å²) in [6.45, 7) is 0.175. The maximum atomic E-state index is 13.1. The van der Waals surface area contributed by atoms with E-state index in [4.69, 9.17) is 16.7 Å². The van der Waals surface area contributed by atoms with Crippen LogP contribution in [0.2, 0.25) is 0 Å². The highest BCUT2D eigenvalue weighted by Gasteiger charge is 2.37. The lowest BCUT2D eigenvalue weighted by Gasteiger charge is -2.30. The second kappa shape index (κ2) is 8.99. The van der Waals surface area contributed by atoms with Crippen LogP contribution in [-0.4, -0.2) is 35.3 Å². The van der Waals surface area contributed by atoms with Crippen LogP contribution in [0.1, 0.15) is 28.4 Å². The third-order valence-corrected chi connectivity index (χ3v) is 4.00. The largest absolute Gasteiger partial charge is 0.399 e. The number of carbonyl (C=O) groups is 2. The molecule has 0 saturated heterocycles. The molecule has 2 aromatic carbocycles. The molecule has 0 heterocycles. The van der Waals surface area contributed by atoms with Crippen LogP contribution >= 0.6 is 0 Å². The maximum absolute atomic E-state index is 13.1. The van der Waals surface area contributed by atoms with Crippen LogP contribution in [0.4, 0.5) is 10.1 Å². The molecule has 0 aliphatic carbocycles. The molecule has 2 rings (SSSR count). The van der Waals surface area contributed by atoms with Crippen LogP contribution in [0.15, 0.2) is 48.5 Å². The number of nitrogen functional groups attached to an aromatic ring is 1. The van der Waals surface area contributed by atoms with E-state index in [1.807, 2.05) is 0 Å². The lowest BCUT2D eigenvalue weighted by molar-refractivity contribution is -0.132. The number of carbonyl (C=O) groups excluding carboxylic acids is 2. The summed E-state index contributed by atoms with van der Waals surface area (Å²) in [5, 5.41) is 11.1. The van der Waals surface area contributed by atoms with Crippen molar-refractivity contribution in [2.24, 2.45) is 5.73 Å². The molecule has 0 aliphatic rings. The van der Waals surface area contributed by atoms with Crippen molar-refractivity contribution in [3.63, 3.8) is 0 Å². The van der Waals surface area contributed by atoms with E-state index in [1.165, 1.54) is 24.5 Å². The molecule has 0 aromatic heterocycles. The molecular weight excluding hydrogens is 363 g/mol. The number of hydrogen-bond donors (Lipinski definition) is 5. The van der Waals surface area contributed by atoms with Gasteiger partial charge in [-0.05, 0) is 55.5 Å². The molecule has 0 spiro atoms. The van der Waals surface area contributed by atoms with Crippen LogP contribution < -0.4 is 22.3 Å². The summed E-state index contributed by atoms with van der Waals surface area (Å²) in [6.07, 6.45) is 0. The van der Waals surface area contributed by atoms with Crippen LogP contribution in [0.5, 0.6) is 0 Å². The Labute approximate surface area is 161 Å². The first-order valence-corrected chi connectivity index (χ1v) is 8.34. The van der Waals surface area contributed by atoms with E-state index in [0.717, 1.165) is 5.56 Å². The van der Waals surface area contributed by atoms with E-state index in [2.05, 4.69) is 17.2 Å². The van der Waals surface area contributed by atoms with E-state index in [-0.39, 0.29) is 5.56 Å². The van der Waals surface area contributed by atoms with Crippen molar-refractivity contribution in [2.45, 2.75) is 18.5 Å². The first-order valence-electron chi connectivity index (χ1n) is 8.34. The fourth-order valence-corrected chi connectivity index (χ4v) is 2.30. The number of nitrogens with one attached hydrogen (secondary N) is 2. The van der Waals surface area contributed by atoms with Crippen LogP contribution in [0.3, 0.4) is 0 Å². The fourth-order valence-electron chi connectivity index (χ4n) is 2.30. The summed E-state index contributed by atoms with van der Waals surface area (Å²) < 4.78 is 13.1. The molecule has 146 valence electrons. The Bertz CT molecular complexity index is 900. The summed E-state index contributed by atoms with van der Waals surface area (Å²) in [4.78, 5) is 24.1. The average molecular weight is 384 g/mol. The predicted octanol–water partition coefficient (Wildman–Crippen LogP) is 0.959. The monoisotopic (exact) mass is 384 g/mol. The van der Waals surface area contributed by atoms with Gasteiger partial charge in [0, 0.05) is 22.4 Å². The zero-order chi connectivity index (χ0) is 20.7. The molecule has 7 nitrogen and oxygen atoms in total. The molecule has 0 radical (unpaired) electrons. The molecule has 2 aromatic rings. The van der Waals surface area contributed by atoms with E-state index < -0.39 is 30.1 Å². The van der Waals surface area contributed by atoms with E-state index in [0.29, 0.717) is 11.3 Å². The van der Waals surface area contributed by atoms with Crippen molar-refractivity contribution >= 4 is 17.5 Å². The van der Waals surface area contributed by atoms with Gasteiger partial charge in [0.1, 0.15) is 12.7 Å². The fraction of sp³-hybridized carbons (Fsp3) is 0.200. The van der Waals surface area contributed by atoms with Gasteiger partial charge in [0.2, 0.25) is 0 Å². The average Bonchev–Trinajstić information content (AvgIpc) is 2.71. The standard InChI is InChI=1S/C20H21FN4O3/c1-20(23,12-21)17(19(27)25-28)24-18(26)15-8-4-13(5-9-15)2-3-14-6-10-16(22)11-7-14/h4-11,17,28H,12,22-23H2,1H3,(H,24,26)(H,25,27)/t17?,20-/m1/s1. The van der Waals surface area contributed by atoms with Crippen LogP contribution in [0.25, 0.3) is 0 Å². The second-order valence-electron chi connectivity index (χ2n) is 6.47. The highest BCUT2D eigenvalue weighted by molar-refractivity contribution is 5.98. The van der Waals surface area contributed by atoms with Gasteiger partial charge < -0.3 is 16.8 Å². The van der Waals surface area contributed by atoms with Gasteiger partial charge in [0.05, 0.1) is 5.54 Å². The molecule has 2 amide bonds. The molecule has 8 heteroatoms. The molecular formula is C20H21FN4O3. The Morgan fingerprint density at radius 2 is 1.61 bits per heavy atom. The number of halogens is 1. The van der Waals surface area contributed by atoms with Gasteiger partial charge >= 0.3 is 0 Å². The molecule has 1 unspecified atom stereocenters. The number of rotatable bonds is 5. The highest BCUT2D eigenvalue weighted by atomic mass is 19.1. The van der Waals surface area contributed by atoms with E-state index in [1.54, 1.807) is 36.4 Å². The summed E-state index contributed by atoms with van der Waals surface area (Å²) in [6, 6.07) is 11.9. The first-order chi connectivity index (χ1) is 13.3. The molecule has 28 heavy (non-hydrogen) atoms. The van der Waals surface area contributed by atoms with Gasteiger partial charge in [-0.1, -0.05) is 11.8 Å². The molecule has 0 fully saturated rings. The summed E-state index contributed by atoms with van der Waals surface area (Å²) >= 11 is 0. The zero-order valence-corrected chi connectivity index (χ0v) is 15.2. The third-order valence-electron chi connectivity index (χ3n) is 4.00. The normalized spacial score (nSPS) is 13.4. The minimum Gasteiger partial charge on any atom is -0.399 e. The number of benzene rings is 2. The van der Waals surface area contributed by atoms with Crippen molar-refractivity contribution in [1.82, 2.24) is 10.8 Å². The summed E-state index contributed by atoms with van der Waals surface area (Å²) in [7, 11) is 0. The number of anilines is 1. The molecule has 2 atom stereocenters. The SMILES string of the molecule is C[C@@](N)(CF)C(NC(=O)c1ccc(C#Cc2ccc(N)cc2)cc1)C(=O)NO. The topological polar surface area (TPSA) is 130 Å². The Kier molecular flexibility index (Phi) is 6.71. The number of alkyl halides is 1. The van der Waals surface area contributed by atoms with Gasteiger partial charge in [-0.2, -0.15) is 0 Å². The van der Waals surface area contributed by atoms with Gasteiger partial charge in [-0.25, -0.2) is 9.87 Å². The third kappa shape index (κ3) is 5.30. The van der Waals surface area contributed by atoms with E-state index in [9.17, 15) is 14.0 Å². The zero-order valence-electron chi connectivity index (χ0n) is 15.2. The van der Waals surface area contributed by atoms with Gasteiger partial charge in [-0.3, -0.25) is 14.8 Å². The van der Waals surface area contributed by atoms with Crippen LogP contribution in [-0.2, 0) is 4.79 Å². The summed E-state index contributed by atoms with van der Waals surface area (Å²) in [5.74, 6) is 4.28. The molecule has 0 aliphatic heterocycles. The van der Waals surface area contributed by atoms with Crippen molar-refractivity contribution in [3.8, 4) is 11.8 Å². The minimum absolute atomic E-state index is 0.225. The molecule has 0 saturated carbocycles. The Morgan fingerprint density at radius 3 is 2.07 bits per heavy atom. The first kappa shape index (κ1) is 20.9. The van der Waals surface area contributed by atoms with Crippen LogP contribution in [0, 0.1) is 11.8 Å². The van der Waals surface area contributed by atoms with E-state index >= 15 is 0 Å². The lowest BCUT2D eigenvalue weighted by atomic mass is 9.94. The van der Waals surface area contributed by atoms with Crippen molar-refractivity contribution in [2.75, 3.05) is 12.4 Å². The quantitative estimate of drug-likeness (QED) is 0.227. The number of nitrogens with two attached hydrogens (primary N) is 2. The van der Waals surface area contributed by atoms with Gasteiger partial charge in [-0.15, -0.1) is 0 Å². The van der Waals surface area contributed by atoms with Gasteiger partial charge in [0.15, 0.2) is 0 Å². The maximum Gasteiger partial charge on any atom is 0.267 e. The second-order valence-corrected chi connectivity index (χ2v) is 6.47. The lowest BCUT2D eigenvalue weighted by Crippen LogP contribution is -2.64. The Balaban J connectivity index is 2.12. The van der Waals surface area contributed by atoms with Crippen molar-refractivity contribution in [3.05, 3.63) is 65.2 Å². The predicted molar refractivity (Wildman–Crippen MR) is 103 cm³/mol. The number of hydrogen-bond acceptors (Lipinski definition) is 5. The Morgan fingerprint density at radius 1 is 1.11 bits per heavy atom. The minimum atomic E-state index is -1.69. The van der Waals surface area contributed by atoms with Crippen molar-refractivity contribution in [1.29, 1.82) is 0 Å². The number of hydroxylamine groups is 1.